The van der Waals surface area contributed by atoms with Crippen LogP contribution in [0.5, 0.6) is 11.5 Å². The van der Waals surface area contributed by atoms with Crippen molar-refractivity contribution in [2.75, 3.05) is 27.1 Å². The normalized spacial score (nSPS) is 21.5. The van der Waals surface area contributed by atoms with Gasteiger partial charge in [-0.3, -0.25) is 0 Å². The number of benzene rings is 1. The van der Waals surface area contributed by atoms with Gasteiger partial charge in [-0.2, -0.15) is 0 Å². The van der Waals surface area contributed by atoms with Crippen molar-refractivity contribution in [2.45, 2.75) is 25.9 Å². The molecule has 1 heterocycles. The summed E-state index contributed by atoms with van der Waals surface area (Å²) in [6, 6.07) is 6.04. The minimum atomic E-state index is -0.0379. The molecule has 2 unspecified atom stereocenters. The van der Waals surface area contributed by atoms with E-state index in [1.54, 1.807) is 12.0 Å². The van der Waals surface area contributed by atoms with Crippen molar-refractivity contribution in [1.29, 1.82) is 0 Å². The summed E-state index contributed by atoms with van der Waals surface area (Å²) < 4.78 is 15.8. The van der Waals surface area contributed by atoms with Gasteiger partial charge in [-0.15, -0.1) is 0 Å². The fourth-order valence-electron chi connectivity index (χ4n) is 2.49. The predicted molar refractivity (Wildman–Crippen MR) is 81.0 cm³/mol. The van der Waals surface area contributed by atoms with Gasteiger partial charge >= 0.3 is 6.03 Å². The van der Waals surface area contributed by atoms with Crippen LogP contribution < -0.4 is 14.8 Å². The molecule has 0 saturated heterocycles. The van der Waals surface area contributed by atoms with Gasteiger partial charge < -0.3 is 24.4 Å². The van der Waals surface area contributed by atoms with E-state index < -0.39 is 0 Å². The number of ether oxygens (including phenoxy) is 3. The highest BCUT2D eigenvalue weighted by Gasteiger charge is 2.35. The molecule has 1 aromatic rings. The number of nitrogens with one attached hydrogen (secondary N) is 1. The van der Waals surface area contributed by atoms with Gasteiger partial charge in [0.1, 0.15) is 0 Å². The Kier molecular flexibility index (Phi) is 4.38. The second-order valence-corrected chi connectivity index (χ2v) is 5.87. The Bertz CT molecular complexity index is 549. The molecular formula is C16H22N2O4. The van der Waals surface area contributed by atoms with Crippen molar-refractivity contribution in [3.63, 3.8) is 0 Å². The molecule has 1 N–H and O–H groups in total. The number of hydrogen-bond acceptors (Lipinski definition) is 4. The van der Waals surface area contributed by atoms with E-state index in [0.29, 0.717) is 31.7 Å². The quantitative estimate of drug-likeness (QED) is 0.873. The minimum absolute atomic E-state index is 0.0379. The number of nitrogens with zero attached hydrogens (tertiary/aromatic N) is 1. The lowest BCUT2D eigenvalue weighted by Crippen LogP contribution is -2.42. The molecule has 6 nitrogen and oxygen atoms in total. The van der Waals surface area contributed by atoms with Gasteiger partial charge in [0.25, 0.3) is 0 Å². The van der Waals surface area contributed by atoms with E-state index in [-0.39, 0.29) is 12.8 Å². The Hall–Kier alpha value is -1.95. The number of amides is 2. The molecule has 2 amide bonds. The van der Waals surface area contributed by atoms with E-state index in [0.717, 1.165) is 23.5 Å². The standard InChI is InChI=1S/C16H22N2O4/c1-11-7-13(11)17-16(19)18(5-6-20-2)9-12-3-4-14-15(8-12)22-10-21-14/h3-4,8,11,13H,5-7,9-10H2,1-2H3,(H,17,19). The number of carbonyl (C=O) groups excluding carboxylic acids is 1. The molecule has 22 heavy (non-hydrogen) atoms. The van der Waals surface area contributed by atoms with Crippen LogP contribution >= 0.6 is 0 Å². The van der Waals surface area contributed by atoms with Gasteiger partial charge in [-0.1, -0.05) is 13.0 Å². The third-order valence-corrected chi connectivity index (χ3v) is 4.08. The first kappa shape index (κ1) is 15.0. The fraction of sp³-hybridized carbons (Fsp3) is 0.562. The van der Waals surface area contributed by atoms with Crippen LogP contribution in [-0.2, 0) is 11.3 Å². The molecular weight excluding hydrogens is 284 g/mol. The van der Waals surface area contributed by atoms with Crippen LogP contribution in [0, 0.1) is 5.92 Å². The van der Waals surface area contributed by atoms with Crippen LogP contribution in [0.2, 0.25) is 0 Å². The number of fused-ring (bicyclic) bond motifs is 1. The van der Waals surface area contributed by atoms with Crippen LogP contribution in [0.4, 0.5) is 4.79 Å². The van der Waals surface area contributed by atoms with Gasteiger partial charge in [-0.05, 0) is 30.0 Å². The summed E-state index contributed by atoms with van der Waals surface area (Å²) in [5.41, 5.74) is 1.01. The third-order valence-electron chi connectivity index (χ3n) is 4.08. The second-order valence-electron chi connectivity index (χ2n) is 5.87. The van der Waals surface area contributed by atoms with Gasteiger partial charge in [0.2, 0.25) is 6.79 Å². The highest BCUT2D eigenvalue weighted by Crippen LogP contribution is 2.33. The maximum absolute atomic E-state index is 12.4. The maximum Gasteiger partial charge on any atom is 0.318 e. The van der Waals surface area contributed by atoms with E-state index in [9.17, 15) is 4.79 Å². The highest BCUT2D eigenvalue weighted by atomic mass is 16.7. The average molecular weight is 306 g/mol. The average Bonchev–Trinajstić information content (AvgIpc) is 3.01. The Morgan fingerprint density at radius 1 is 1.41 bits per heavy atom. The number of urea groups is 1. The first-order chi connectivity index (χ1) is 10.7. The third kappa shape index (κ3) is 3.44. The summed E-state index contributed by atoms with van der Waals surface area (Å²) in [6.07, 6.45) is 1.06. The molecule has 6 heteroatoms. The van der Waals surface area contributed by atoms with Gasteiger partial charge in [0.15, 0.2) is 11.5 Å². The monoisotopic (exact) mass is 306 g/mol. The summed E-state index contributed by atoms with van der Waals surface area (Å²) in [7, 11) is 1.64. The molecule has 0 radical (unpaired) electrons. The van der Waals surface area contributed by atoms with Gasteiger partial charge in [-0.25, -0.2) is 4.79 Å². The first-order valence-electron chi connectivity index (χ1n) is 7.60. The van der Waals surface area contributed by atoms with Crippen molar-refractivity contribution < 1.29 is 19.0 Å². The summed E-state index contributed by atoms with van der Waals surface area (Å²) >= 11 is 0. The largest absolute Gasteiger partial charge is 0.454 e. The summed E-state index contributed by atoms with van der Waals surface area (Å²) in [6.45, 7) is 3.98. The second kappa shape index (κ2) is 6.44. The van der Waals surface area contributed by atoms with Gasteiger partial charge in [0, 0.05) is 26.2 Å². The lowest BCUT2D eigenvalue weighted by molar-refractivity contribution is 0.146. The Balaban J connectivity index is 1.64. The van der Waals surface area contributed by atoms with E-state index >= 15 is 0 Å². The zero-order valence-corrected chi connectivity index (χ0v) is 13.0. The molecule has 0 aromatic heterocycles. The molecule has 0 spiro atoms. The molecule has 2 aliphatic rings. The SMILES string of the molecule is COCCN(Cc1ccc2c(c1)OCO2)C(=O)NC1CC1C. The Labute approximate surface area is 130 Å². The molecule has 120 valence electrons. The highest BCUT2D eigenvalue weighted by molar-refractivity contribution is 5.75. The number of hydrogen-bond donors (Lipinski definition) is 1. The fourth-order valence-corrected chi connectivity index (χ4v) is 2.49. The maximum atomic E-state index is 12.4. The first-order valence-corrected chi connectivity index (χ1v) is 7.60. The smallest absolute Gasteiger partial charge is 0.318 e. The van der Waals surface area contributed by atoms with Gasteiger partial charge in [0.05, 0.1) is 6.61 Å². The van der Waals surface area contributed by atoms with Crippen LogP contribution in [-0.4, -0.2) is 44.0 Å². The van der Waals surface area contributed by atoms with Crippen LogP contribution in [0.3, 0.4) is 0 Å². The molecule has 1 aliphatic carbocycles. The molecule has 0 bridgehead atoms. The zero-order chi connectivity index (χ0) is 15.5. The molecule has 1 saturated carbocycles. The van der Waals surface area contributed by atoms with E-state index in [4.69, 9.17) is 14.2 Å². The lowest BCUT2D eigenvalue weighted by Gasteiger charge is -2.23. The summed E-state index contributed by atoms with van der Waals surface area (Å²) in [5, 5.41) is 3.06. The minimum Gasteiger partial charge on any atom is -0.454 e. The predicted octanol–water partition coefficient (Wildman–Crippen LogP) is 1.98. The lowest BCUT2D eigenvalue weighted by atomic mass is 10.2. The van der Waals surface area contributed by atoms with Crippen LogP contribution in [0.25, 0.3) is 0 Å². The van der Waals surface area contributed by atoms with E-state index in [1.165, 1.54) is 0 Å². The molecule has 1 aliphatic heterocycles. The zero-order valence-electron chi connectivity index (χ0n) is 13.0. The van der Waals surface area contributed by atoms with Crippen LogP contribution in [0.15, 0.2) is 18.2 Å². The van der Waals surface area contributed by atoms with Crippen LogP contribution in [0.1, 0.15) is 18.9 Å². The Morgan fingerprint density at radius 3 is 2.91 bits per heavy atom. The number of methoxy groups -OCH3 is 1. The van der Waals surface area contributed by atoms with Crippen molar-refractivity contribution in [3.05, 3.63) is 23.8 Å². The van der Waals surface area contributed by atoms with E-state index in [1.807, 2.05) is 18.2 Å². The number of rotatable bonds is 6. The molecule has 2 atom stereocenters. The molecule has 1 fully saturated rings. The van der Waals surface area contributed by atoms with Crippen molar-refractivity contribution in [3.8, 4) is 11.5 Å². The summed E-state index contributed by atoms with van der Waals surface area (Å²) in [4.78, 5) is 14.2. The molecule has 1 aromatic carbocycles. The Morgan fingerprint density at radius 2 is 2.18 bits per heavy atom. The number of carbonyl (C=O) groups is 1. The van der Waals surface area contributed by atoms with Crippen molar-refractivity contribution in [2.24, 2.45) is 5.92 Å². The molecule has 3 rings (SSSR count). The summed E-state index contributed by atoms with van der Waals surface area (Å²) in [5.74, 6) is 2.07. The van der Waals surface area contributed by atoms with E-state index in [2.05, 4.69) is 12.2 Å². The topological polar surface area (TPSA) is 60.0 Å². The van der Waals surface area contributed by atoms with Crippen molar-refractivity contribution in [1.82, 2.24) is 10.2 Å². The van der Waals surface area contributed by atoms with Crippen molar-refractivity contribution >= 4 is 6.03 Å².